The fourth-order valence-corrected chi connectivity index (χ4v) is 1.94. The topological polar surface area (TPSA) is 62.5 Å². The molecule has 17 heavy (non-hydrogen) atoms. The van der Waals surface area contributed by atoms with Gasteiger partial charge in [0.15, 0.2) is 5.76 Å². The van der Waals surface area contributed by atoms with E-state index in [0.29, 0.717) is 5.76 Å². The molecule has 0 spiro atoms. The Kier molecular flexibility index (Phi) is 3.33. The number of nitrogens with one attached hydrogen (secondary N) is 1. The molecule has 4 heteroatoms. The standard InChI is InChI=1S/C13H17NO3/c1-8-5-12(17-9(8)2)13(16)14-11-4-3-10(6-11)7-15/h3-5,10-11,15H,6-7H2,1-2H3,(H,14,16)/t10-,11+/m0/s1. The number of aliphatic hydroxyl groups is 1. The first kappa shape index (κ1) is 11.9. The van der Waals surface area contributed by atoms with E-state index < -0.39 is 0 Å². The van der Waals surface area contributed by atoms with Crippen LogP contribution in [0.2, 0.25) is 0 Å². The molecule has 1 aromatic heterocycles. The largest absolute Gasteiger partial charge is 0.456 e. The van der Waals surface area contributed by atoms with Gasteiger partial charge in [0.05, 0.1) is 0 Å². The van der Waals surface area contributed by atoms with Gasteiger partial charge in [0.1, 0.15) is 5.76 Å². The molecule has 0 unspecified atom stereocenters. The molecule has 2 rings (SSSR count). The van der Waals surface area contributed by atoms with Gasteiger partial charge in [-0.15, -0.1) is 0 Å². The predicted octanol–water partition coefficient (Wildman–Crippen LogP) is 1.56. The van der Waals surface area contributed by atoms with Crippen molar-refractivity contribution < 1.29 is 14.3 Å². The summed E-state index contributed by atoms with van der Waals surface area (Å²) in [5.74, 6) is 1.07. The molecule has 0 bridgehead atoms. The minimum absolute atomic E-state index is 0.00892. The highest BCUT2D eigenvalue weighted by atomic mass is 16.3. The lowest BCUT2D eigenvalue weighted by molar-refractivity contribution is 0.0912. The summed E-state index contributed by atoms with van der Waals surface area (Å²) in [6.07, 6.45) is 4.60. The van der Waals surface area contributed by atoms with Gasteiger partial charge in [-0.1, -0.05) is 12.2 Å². The fourth-order valence-electron chi connectivity index (χ4n) is 1.94. The summed E-state index contributed by atoms with van der Waals surface area (Å²) >= 11 is 0. The number of hydrogen-bond acceptors (Lipinski definition) is 3. The molecule has 0 radical (unpaired) electrons. The van der Waals surface area contributed by atoms with Crippen molar-refractivity contribution in [2.45, 2.75) is 26.3 Å². The number of hydrogen-bond donors (Lipinski definition) is 2. The van der Waals surface area contributed by atoms with E-state index >= 15 is 0 Å². The Morgan fingerprint density at radius 3 is 2.82 bits per heavy atom. The number of carbonyl (C=O) groups is 1. The van der Waals surface area contributed by atoms with Gasteiger partial charge in [-0.05, 0) is 31.9 Å². The third-order valence-electron chi connectivity index (χ3n) is 3.11. The summed E-state index contributed by atoms with van der Waals surface area (Å²) in [5, 5.41) is 11.9. The summed E-state index contributed by atoms with van der Waals surface area (Å²) in [6, 6.07) is 1.73. The van der Waals surface area contributed by atoms with Crippen LogP contribution >= 0.6 is 0 Å². The van der Waals surface area contributed by atoms with Crippen LogP contribution in [0.25, 0.3) is 0 Å². The van der Waals surface area contributed by atoms with Crippen molar-refractivity contribution in [3.05, 3.63) is 35.3 Å². The third-order valence-corrected chi connectivity index (χ3v) is 3.11. The molecule has 4 nitrogen and oxygen atoms in total. The highest BCUT2D eigenvalue weighted by molar-refractivity contribution is 5.92. The monoisotopic (exact) mass is 235 g/mol. The Morgan fingerprint density at radius 2 is 2.29 bits per heavy atom. The molecule has 92 valence electrons. The summed E-state index contributed by atoms with van der Waals surface area (Å²) in [7, 11) is 0. The minimum atomic E-state index is -0.200. The second-order valence-corrected chi connectivity index (χ2v) is 4.49. The van der Waals surface area contributed by atoms with Crippen molar-refractivity contribution >= 4 is 5.91 Å². The molecule has 0 aromatic carbocycles. The van der Waals surface area contributed by atoms with E-state index in [-0.39, 0.29) is 24.5 Å². The summed E-state index contributed by atoms with van der Waals surface area (Å²) in [4.78, 5) is 11.9. The lowest BCUT2D eigenvalue weighted by atomic mass is 10.1. The van der Waals surface area contributed by atoms with Crippen LogP contribution < -0.4 is 5.32 Å². The molecule has 2 N–H and O–H groups in total. The summed E-state index contributed by atoms with van der Waals surface area (Å²) < 4.78 is 5.35. The van der Waals surface area contributed by atoms with Gasteiger partial charge in [0.2, 0.25) is 0 Å². The number of carbonyl (C=O) groups excluding carboxylic acids is 1. The maximum atomic E-state index is 11.9. The summed E-state index contributed by atoms with van der Waals surface area (Å²) in [5.41, 5.74) is 0.977. The van der Waals surface area contributed by atoms with Gasteiger partial charge in [-0.25, -0.2) is 0 Å². The summed E-state index contributed by atoms with van der Waals surface area (Å²) in [6.45, 7) is 3.87. The third kappa shape index (κ3) is 2.58. The Bertz CT molecular complexity index is 428. The molecule has 2 atom stereocenters. The number of amides is 1. The maximum absolute atomic E-state index is 11.9. The Labute approximate surface area is 100 Å². The number of rotatable bonds is 3. The van der Waals surface area contributed by atoms with Crippen molar-refractivity contribution in [1.29, 1.82) is 0 Å². The van der Waals surface area contributed by atoms with Gasteiger partial charge in [-0.3, -0.25) is 4.79 Å². The van der Waals surface area contributed by atoms with Crippen LogP contribution in [0.15, 0.2) is 22.6 Å². The zero-order chi connectivity index (χ0) is 12.4. The lowest BCUT2D eigenvalue weighted by Gasteiger charge is -2.11. The zero-order valence-corrected chi connectivity index (χ0v) is 10.1. The van der Waals surface area contributed by atoms with Gasteiger partial charge in [0, 0.05) is 18.6 Å². The van der Waals surface area contributed by atoms with Crippen LogP contribution in [0.5, 0.6) is 0 Å². The average molecular weight is 235 g/mol. The SMILES string of the molecule is Cc1cc(C(=O)N[C@@H]2C=C[C@H](CO)C2)oc1C. The van der Waals surface area contributed by atoms with Crippen LogP contribution in [0.4, 0.5) is 0 Å². The van der Waals surface area contributed by atoms with Crippen LogP contribution in [0.1, 0.15) is 28.3 Å². The van der Waals surface area contributed by atoms with Gasteiger partial charge in [-0.2, -0.15) is 0 Å². The van der Waals surface area contributed by atoms with Gasteiger partial charge >= 0.3 is 0 Å². The molecule has 0 aliphatic heterocycles. The van der Waals surface area contributed by atoms with E-state index in [9.17, 15) is 4.79 Å². The van der Waals surface area contributed by atoms with Crippen LogP contribution in [0, 0.1) is 19.8 Å². The van der Waals surface area contributed by atoms with E-state index in [0.717, 1.165) is 17.7 Å². The first-order chi connectivity index (χ1) is 8.10. The lowest BCUT2D eigenvalue weighted by Crippen LogP contribution is -2.32. The molecular weight excluding hydrogens is 218 g/mol. The highest BCUT2D eigenvalue weighted by Gasteiger charge is 2.21. The normalized spacial score (nSPS) is 23.0. The zero-order valence-electron chi connectivity index (χ0n) is 10.1. The number of aryl methyl sites for hydroxylation is 2. The smallest absolute Gasteiger partial charge is 0.287 e. The Hall–Kier alpha value is -1.55. The molecule has 1 heterocycles. The van der Waals surface area contributed by atoms with Gasteiger partial charge in [0.25, 0.3) is 5.91 Å². The van der Waals surface area contributed by atoms with Crippen molar-refractivity contribution in [3.8, 4) is 0 Å². The first-order valence-electron chi connectivity index (χ1n) is 5.77. The van der Waals surface area contributed by atoms with Crippen LogP contribution in [-0.4, -0.2) is 23.7 Å². The molecule has 1 aliphatic rings. The average Bonchev–Trinajstić information content (AvgIpc) is 2.87. The van der Waals surface area contributed by atoms with E-state index in [1.807, 2.05) is 26.0 Å². The highest BCUT2D eigenvalue weighted by Crippen LogP contribution is 2.18. The second-order valence-electron chi connectivity index (χ2n) is 4.49. The first-order valence-corrected chi connectivity index (χ1v) is 5.77. The predicted molar refractivity (Wildman–Crippen MR) is 63.8 cm³/mol. The molecule has 1 aromatic rings. The van der Waals surface area contributed by atoms with Gasteiger partial charge < -0.3 is 14.8 Å². The molecular formula is C13H17NO3. The number of aliphatic hydroxyl groups excluding tert-OH is 1. The van der Waals surface area contributed by atoms with E-state index in [1.54, 1.807) is 6.07 Å². The Morgan fingerprint density at radius 1 is 1.53 bits per heavy atom. The molecule has 0 saturated heterocycles. The molecule has 0 saturated carbocycles. The van der Waals surface area contributed by atoms with Crippen molar-refractivity contribution in [3.63, 3.8) is 0 Å². The Balaban J connectivity index is 1.96. The van der Waals surface area contributed by atoms with Crippen molar-refractivity contribution in [2.24, 2.45) is 5.92 Å². The number of furan rings is 1. The fraction of sp³-hybridized carbons (Fsp3) is 0.462. The van der Waals surface area contributed by atoms with E-state index in [2.05, 4.69) is 5.32 Å². The maximum Gasteiger partial charge on any atom is 0.287 e. The minimum Gasteiger partial charge on any atom is -0.456 e. The van der Waals surface area contributed by atoms with E-state index in [4.69, 9.17) is 9.52 Å². The quantitative estimate of drug-likeness (QED) is 0.781. The van der Waals surface area contributed by atoms with E-state index in [1.165, 1.54) is 0 Å². The van der Waals surface area contributed by atoms with Crippen LogP contribution in [-0.2, 0) is 0 Å². The van der Waals surface area contributed by atoms with Crippen LogP contribution in [0.3, 0.4) is 0 Å². The van der Waals surface area contributed by atoms with Crippen molar-refractivity contribution in [2.75, 3.05) is 6.61 Å². The second kappa shape index (κ2) is 4.75. The molecule has 0 fully saturated rings. The molecule has 1 amide bonds. The molecule has 1 aliphatic carbocycles. The van der Waals surface area contributed by atoms with Crippen molar-refractivity contribution in [1.82, 2.24) is 5.32 Å².